The van der Waals surface area contributed by atoms with E-state index in [0.29, 0.717) is 42.7 Å². The standard InChI is InChI=1S/C18H21ClN4O4/c1-2-27-17(26)14-15(12-3-5-13(19)6-4-12)20-18(21-16(14)25)23-9-7-22(11-24)8-10-23/h3-6,11,14-15H,2,7-10H2,1H3,(H,20,21,25). The van der Waals surface area contributed by atoms with Gasteiger partial charge in [0.25, 0.3) is 0 Å². The molecule has 2 aliphatic rings. The van der Waals surface area contributed by atoms with Crippen LogP contribution >= 0.6 is 11.6 Å². The van der Waals surface area contributed by atoms with Crippen LogP contribution in [0.4, 0.5) is 0 Å². The van der Waals surface area contributed by atoms with Gasteiger partial charge in [0.1, 0.15) is 6.04 Å². The van der Waals surface area contributed by atoms with Gasteiger partial charge in [-0.15, -0.1) is 0 Å². The second-order valence-corrected chi connectivity index (χ2v) is 6.73. The van der Waals surface area contributed by atoms with E-state index in [1.807, 2.05) is 4.90 Å². The van der Waals surface area contributed by atoms with Gasteiger partial charge in [0.05, 0.1) is 6.61 Å². The number of carbonyl (C=O) groups is 3. The molecule has 144 valence electrons. The lowest BCUT2D eigenvalue weighted by Gasteiger charge is -2.37. The van der Waals surface area contributed by atoms with Crippen LogP contribution in [0.5, 0.6) is 0 Å². The zero-order chi connectivity index (χ0) is 19.4. The molecule has 2 unspecified atom stereocenters. The number of hydrogen-bond acceptors (Lipinski definition) is 6. The van der Waals surface area contributed by atoms with Gasteiger partial charge in [-0.25, -0.2) is 4.99 Å². The van der Waals surface area contributed by atoms with Crippen LogP contribution in [0, 0.1) is 5.92 Å². The highest BCUT2D eigenvalue weighted by Crippen LogP contribution is 2.31. The Morgan fingerprint density at radius 3 is 2.56 bits per heavy atom. The van der Waals surface area contributed by atoms with Crippen molar-refractivity contribution < 1.29 is 19.1 Å². The lowest BCUT2D eigenvalue weighted by atomic mass is 9.91. The van der Waals surface area contributed by atoms with Crippen molar-refractivity contribution >= 4 is 35.8 Å². The van der Waals surface area contributed by atoms with Gasteiger partial charge < -0.3 is 14.5 Å². The summed E-state index contributed by atoms with van der Waals surface area (Å²) in [6, 6.07) is 6.20. The fourth-order valence-corrected chi connectivity index (χ4v) is 3.29. The van der Waals surface area contributed by atoms with E-state index in [9.17, 15) is 14.4 Å². The molecule has 8 nitrogen and oxygen atoms in total. The summed E-state index contributed by atoms with van der Waals surface area (Å²) in [6.45, 7) is 4.07. The van der Waals surface area contributed by atoms with Gasteiger partial charge in [-0.1, -0.05) is 23.7 Å². The molecule has 2 heterocycles. The highest BCUT2D eigenvalue weighted by atomic mass is 35.5. The van der Waals surface area contributed by atoms with E-state index >= 15 is 0 Å². The van der Waals surface area contributed by atoms with E-state index in [1.165, 1.54) is 0 Å². The SMILES string of the molecule is CCOC(=O)C1C(=O)NC(N2CCN(C=O)CC2)=NC1c1ccc(Cl)cc1. The topological polar surface area (TPSA) is 91.3 Å². The third kappa shape index (κ3) is 4.21. The number of nitrogens with one attached hydrogen (secondary N) is 1. The minimum absolute atomic E-state index is 0.181. The molecule has 0 aliphatic carbocycles. The number of piperazine rings is 1. The van der Waals surface area contributed by atoms with Crippen molar-refractivity contribution in [3.63, 3.8) is 0 Å². The Morgan fingerprint density at radius 1 is 1.30 bits per heavy atom. The second-order valence-electron chi connectivity index (χ2n) is 6.30. The van der Waals surface area contributed by atoms with Crippen LogP contribution in [0.1, 0.15) is 18.5 Å². The predicted octanol–water partition coefficient (Wildman–Crippen LogP) is 0.820. The van der Waals surface area contributed by atoms with Crippen molar-refractivity contribution in [2.24, 2.45) is 10.9 Å². The van der Waals surface area contributed by atoms with E-state index in [0.717, 1.165) is 6.41 Å². The van der Waals surface area contributed by atoms with Crippen LogP contribution in [0.3, 0.4) is 0 Å². The molecule has 0 bridgehead atoms. The maximum Gasteiger partial charge on any atom is 0.321 e. The Balaban J connectivity index is 1.91. The van der Waals surface area contributed by atoms with Gasteiger partial charge in [-0.05, 0) is 24.6 Å². The summed E-state index contributed by atoms with van der Waals surface area (Å²) in [5.74, 6) is -1.71. The molecule has 0 radical (unpaired) electrons. The number of carbonyl (C=O) groups excluding carboxylic acids is 3. The van der Waals surface area contributed by atoms with E-state index < -0.39 is 23.8 Å². The summed E-state index contributed by atoms with van der Waals surface area (Å²) >= 11 is 5.96. The normalized spacial score (nSPS) is 22.7. The van der Waals surface area contributed by atoms with Gasteiger partial charge in [0, 0.05) is 31.2 Å². The average Bonchev–Trinajstić information content (AvgIpc) is 2.68. The van der Waals surface area contributed by atoms with Crippen molar-refractivity contribution in [3.05, 3.63) is 34.9 Å². The maximum absolute atomic E-state index is 12.7. The largest absolute Gasteiger partial charge is 0.465 e. The highest BCUT2D eigenvalue weighted by Gasteiger charge is 2.42. The van der Waals surface area contributed by atoms with Crippen LogP contribution in [0.2, 0.25) is 5.02 Å². The molecule has 0 saturated carbocycles. The lowest BCUT2D eigenvalue weighted by molar-refractivity contribution is -0.153. The van der Waals surface area contributed by atoms with Gasteiger partial charge in [0.2, 0.25) is 18.3 Å². The smallest absolute Gasteiger partial charge is 0.321 e. The Labute approximate surface area is 162 Å². The van der Waals surface area contributed by atoms with E-state index in [4.69, 9.17) is 16.3 Å². The molecule has 0 spiro atoms. The van der Waals surface area contributed by atoms with Crippen LogP contribution < -0.4 is 5.32 Å². The molecule has 1 fully saturated rings. The van der Waals surface area contributed by atoms with Crippen LogP contribution in [-0.4, -0.2) is 66.8 Å². The number of nitrogens with zero attached hydrogens (tertiary/aromatic N) is 3. The third-order valence-corrected chi connectivity index (χ3v) is 4.86. The second kappa shape index (κ2) is 8.39. The Morgan fingerprint density at radius 2 is 1.96 bits per heavy atom. The van der Waals surface area contributed by atoms with E-state index in [1.54, 1.807) is 36.1 Å². The number of hydrogen-bond donors (Lipinski definition) is 1. The summed E-state index contributed by atoms with van der Waals surface area (Å²) in [4.78, 5) is 44.2. The van der Waals surface area contributed by atoms with Crippen LogP contribution in [0.25, 0.3) is 0 Å². The van der Waals surface area contributed by atoms with Gasteiger partial charge in [-0.3, -0.25) is 19.7 Å². The van der Waals surface area contributed by atoms with Gasteiger partial charge in [-0.2, -0.15) is 0 Å². The first-order chi connectivity index (χ1) is 13.0. The number of rotatable bonds is 4. The first-order valence-electron chi connectivity index (χ1n) is 8.78. The zero-order valence-corrected chi connectivity index (χ0v) is 15.7. The predicted molar refractivity (Wildman–Crippen MR) is 99.1 cm³/mol. The molecule has 1 saturated heterocycles. The molecule has 2 atom stereocenters. The number of amides is 2. The number of halogens is 1. The first-order valence-corrected chi connectivity index (χ1v) is 9.16. The molecule has 2 amide bonds. The number of ether oxygens (including phenoxy) is 1. The molecule has 2 aliphatic heterocycles. The molecular weight excluding hydrogens is 372 g/mol. The lowest BCUT2D eigenvalue weighted by Crippen LogP contribution is -2.57. The van der Waals surface area contributed by atoms with Crippen LogP contribution in [0.15, 0.2) is 29.3 Å². The molecule has 1 aromatic carbocycles. The first kappa shape index (κ1) is 19.2. The van der Waals surface area contributed by atoms with Crippen molar-refractivity contribution in [2.45, 2.75) is 13.0 Å². The van der Waals surface area contributed by atoms with E-state index in [-0.39, 0.29) is 6.61 Å². The molecule has 0 aromatic heterocycles. The number of esters is 1. The Bertz CT molecular complexity index is 744. The number of benzene rings is 1. The Kier molecular flexibility index (Phi) is 5.95. The maximum atomic E-state index is 12.7. The number of aliphatic imine (C=N–C) groups is 1. The minimum Gasteiger partial charge on any atom is -0.465 e. The monoisotopic (exact) mass is 392 g/mol. The van der Waals surface area contributed by atoms with Crippen molar-refractivity contribution in [3.8, 4) is 0 Å². The van der Waals surface area contributed by atoms with Gasteiger partial charge in [0.15, 0.2) is 5.92 Å². The summed E-state index contributed by atoms with van der Waals surface area (Å²) < 4.78 is 5.08. The molecule has 1 aromatic rings. The summed E-state index contributed by atoms with van der Waals surface area (Å²) in [6.07, 6.45) is 0.811. The molecule has 3 rings (SSSR count). The fraction of sp³-hybridized carbons (Fsp3) is 0.444. The van der Waals surface area contributed by atoms with Crippen LogP contribution in [-0.2, 0) is 19.1 Å². The fourth-order valence-electron chi connectivity index (χ4n) is 3.16. The molecule has 9 heteroatoms. The quantitative estimate of drug-likeness (QED) is 0.465. The van der Waals surface area contributed by atoms with Gasteiger partial charge >= 0.3 is 5.97 Å². The summed E-state index contributed by atoms with van der Waals surface area (Å²) in [5, 5.41) is 3.28. The third-order valence-electron chi connectivity index (χ3n) is 4.61. The molecular formula is C18H21ClN4O4. The van der Waals surface area contributed by atoms with Crippen molar-refractivity contribution in [2.75, 3.05) is 32.8 Å². The summed E-state index contributed by atoms with van der Waals surface area (Å²) in [5.41, 5.74) is 0.705. The molecule has 1 N–H and O–H groups in total. The minimum atomic E-state index is -1.06. The highest BCUT2D eigenvalue weighted by molar-refractivity contribution is 6.30. The zero-order valence-electron chi connectivity index (χ0n) is 14.9. The Hall–Kier alpha value is -2.61. The van der Waals surface area contributed by atoms with E-state index in [2.05, 4.69) is 10.3 Å². The average molecular weight is 393 g/mol. The summed E-state index contributed by atoms with van der Waals surface area (Å²) in [7, 11) is 0. The molecule has 27 heavy (non-hydrogen) atoms. The van der Waals surface area contributed by atoms with Crippen molar-refractivity contribution in [1.82, 2.24) is 15.1 Å². The number of guanidine groups is 1. The van der Waals surface area contributed by atoms with Crippen molar-refractivity contribution in [1.29, 1.82) is 0 Å².